The molecule has 2 N–H and O–H groups in total. The van der Waals surface area contributed by atoms with Crippen LogP contribution in [-0.4, -0.2) is 58.4 Å². The molecular weight excluding hydrogens is 384 g/mol. The van der Waals surface area contributed by atoms with E-state index in [-0.39, 0.29) is 10.8 Å². The van der Waals surface area contributed by atoms with Crippen molar-refractivity contribution < 1.29 is 29.2 Å². The molecule has 0 aromatic rings. The van der Waals surface area contributed by atoms with Crippen molar-refractivity contribution in [2.75, 3.05) is 0 Å². The molecule has 2 saturated heterocycles. The van der Waals surface area contributed by atoms with E-state index in [1.165, 1.54) is 11.1 Å². The van der Waals surface area contributed by atoms with E-state index in [9.17, 15) is 10.2 Å². The fraction of sp³-hybridized carbons (Fsp3) is 0.833. The van der Waals surface area contributed by atoms with Crippen molar-refractivity contribution in [1.82, 2.24) is 0 Å². The molecule has 5 rings (SSSR count). The monoisotopic (exact) mass is 420 g/mol. The Balaban J connectivity index is 1.43. The summed E-state index contributed by atoms with van der Waals surface area (Å²) in [5.41, 5.74) is 2.44. The smallest absolute Gasteiger partial charge is 0.189 e. The Hall–Kier alpha value is -0.760. The molecule has 0 bridgehead atoms. The molecule has 1 saturated carbocycles. The predicted octanol–water partition coefficient (Wildman–Crippen LogP) is 3.22. The van der Waals surface area contributed by atoms with Crippen molar-refractivity contribution in [1.29, 1.82) is 0 Å². The van der Waals surface area contributed by atoms with Gasteiger partial charge in [0.2, 0.25) is 0 Å². The van der Waals surface area contributed by atoms with Crippen LogP contribution < -0.4 is 0 Å². The van der Waals surface area contributed by atoms with E-state index in [2.05, 4.69) is 41.5 Å². The maximum atomic E-state index is 11.2. The lowest BCUT2D eigenvalue weighted by atomic mass is 9.75. The normalized spacial score (nSPS) is 51.5. The number of allylic oxidation sites excluding steroid dienone is 2. The first-order valence-electron chi connectivity index (χ1n) is 11.3. The van der Waals surface area contributed by atoms with Gasteiger partial charge in [-0.25, -0.2) is 0 Å². The molecule has 3 aliphatic carbocycles. The molecule has 168 valence electrons. The summed E-state index contributed by atoms with van der Waals surface area (Å²) in [6.45, 7) is 12.9. The van der Waals surface area contributed by atoms with Gasteiger partial charge in [0.1, 0.15) is 36.6 Å². The number of fused-ring (bicyclic) bond motifs is 2. The molecule has 0 aromatic heterocycles. The van der Waals surface area contributed by atoms with Gasteiger partial charge in [-0.15, -0.1) is 0 Å². The summed E-state index contributed by atoms with van der Waals surface area (Å²) < 4.78 is 25.5. The van der Waals surface area contributed by atoms with Gasteiger partial charge in [0.15, 0.2) is 11.6 Å². The largest absolute Gasteiger partial charge is 0.387 e. The average Bonchev–Trinajstić information content (AvgIpc) is 3.08. The van der Waals surface area contributed by atoms with E-state index >= 15 is 0 Å². The van der Waals surface area contributed by atoms with Crippen LogP contribution in [0.3, 0.4) is 0 Å². The fourth-order valence-corrected chi connectivity index (χ4v) is 6.90. The minimum atomic E-state index is -0.931. The van der Waals surface area contributed by atoms with Gasteiger partial charge in [0.25, 0.3) is 0 Å². The molecule has 3 fully saturated rings. The summed E-state index contributed by atoms with van der Waals surface area (Å²) in [5, 5.41) is 22.4. The molecule has 8 atom stereocenters. The third-order valence-corrected chi connectivity index (χ3v) is 7.23. The van der Waals surface area contributed by atoms with Crippen LogP contribution in [0.25, 0.3) is 0 Å². The second kappa shape index (κ2) is 6.40. The zero-order chi connectivity index (χ0) is 21.7. The topological polar surface area (TPSA) is 77.4 Å². The summed E-state index contributed by atoms with van der Waals surface area (Å²) in [6.07, 6.45) is 2.88. The van der Waals surface area contributed by atoms with E-state index < -0.39 is 48.2 Å². The summed E-state index contributed by atoms with van der Waals surface area (Å²) in [7, 11) is 0. The Morgan fingerprint density at radius 1 is 0.667 bits per heavy atom. The minimum absolute atomic E-state index is 0.0190. The number of ether oxygens (including phenoxy) is 4. The fourth-order valence-electron chi connectivity index (χ4n) is 6.90. The van der Waals surface area contributed by atoms with E-state index in [1.807, 2.05) is 12.2 Å². The highest BCUT2D eigenvalue weighted by molar-refractivity contribution is 5.21. The molecule has 0 radical (unpaired) electrons. The van der Waals surface area contributed by atoms with Crippen LogP contribution >= 0.6 is 0 Å². The number of hydrogen-bond acceptors (Lipinski definition) is 6. The summed E-state index contributed by atoms with van der Waals surface area (Å²) >= 11 is 0. The maximum Gasteiger partial charge on any atom is 0.189 e. The highest BCUT2D eigenvalue weighted by Gasteiger charge is 2.66. The summed E-state index contributed by atoms with van der Waals surface area (Å²) in [6, 6.07) is 0. The Morgan fingerprint density at radius 3 is 1.23 bits per heavy atom. The Kier molecular flexibility index (Phi) is 4.50. The van der Waals surface area contributed by atoms with E-state index in [0.29, 0.717) is 12.8 Å². The van der Waals surface area contributed by atoms with Crippen molar-refractivity contribution in [2.45, 2.75) is 115 Å². The number of aliphatic hydroxyl groups excluding tert-OH is 2. The first kappa shape index (κ1) is 21.1. The van der Waals surface area contributed by atoms with Crippen LogP contribution in [0.15, 0.2) is 23.3 Å². The van der Waals surface area contributed by atoms with Gasteiger partial charge < -0.3 is 29.2 Å². The Labute approximate surface area is 179 Å². The average molecular weight is 421 g/mol. The van der Waals surface area contributed by atoms with Gasteiger partial charge in [-0.1, -0.05) is 38.8 Å². The number of rotatable bonds is 0. The quantitative estimate of drug-likeness (QED) is 0.586. The van der Waals surface area contributed by atoms with Crippen molar-refractivity contribution in [3.63, 3.8) is 0 Å². The Bertz CT molecular complexity index is 706. The zero-order valence-corrected chi connectivity index (χ0v) is 19.0. The van der Waals surface area contributed by atoms with Crippen molar-refractivity contribution in [2.24, 2.45) is 10.8 Å². The van der Waals surface area contributed by atoms with Crippen LogP contribution in [0.2, 0.25) is 0 Å². The molecule has 5 unspecified atom stereocenters. The van der Waals surface area contributed by atoms with Crippen LogP contribution in [0.4, 0.5) is 0 Å². The van der Waals surface area contributed by atoms with Gasteiger partial charge in [-0.2, -0.15) is 0 Å². The molecule has 2 aliphatic heterocycles. The number of aliphatic hydroxyl groups is 2. The Morgan fingerprint density at radius 2 is 0.967 bits per heavy atom. The predicted molar refractivity (Wildman–Crippen MR) is 111 cm³/mol. The highest BCUT2D eigenvalue weighted by atomic mass is 16.8. The SMILES string of the molecule is CC1=CC2(CC(C)(C)C1)OC1C(O)[C@@H]3OC4(C=C(C)CC(C)(C)C4)O[C@H]3C(O)[C@@H]1O2. The molecular formula is C24H36O6. The third-order valence-electron chi connectivity index (χ3n) is 7.23. The van der Waals surface area contributed by atoms with Gasteiger partial charge in [-0.3, -0.25) is 0 Å². The van der Waals surface area contributed by atoms with E-state index in [0.717, 1.165) is 12.8 Å². The van der Waals surface area contributed by atoms with E-state index in [4.69, 9.17) is 18.9 Å². The first-order chi connectivity index (χ1) is 13.8. The molecule has 30 heavy (non-hydrogen) atoms. The molecule has 2 spiro atoms. The van der Waals surface area contributed by atoms with Crippen molar-refractivity contribution in [3.05, 3.63) is 23.3 Å². The van der Waals surface area contributed by atoms with E-state index in [1.54, 1.807) is 0 Å². The van der Waals surface area contributed by atoms with Crippen LogP contribution in [0.5, 0.6) is 0 Å². The molecule has 6 nitrogen and oxygen atoms in total. The van der Waals surface area contributed by atoms with Gasteiger partial charge >= 0.3 is 0 Å². The zero-order valence-electron chi connectivity index (χ0n) is 19.0. The van der Waals surface area contributed by atoms with Crippen molar-refractivity contribution in [3.8, 4) is 0 Å². The minimum Gasteiger partial charge on any atom is -0.387 e. The highest BCUT2D eigenvalue weighted by Crippen LogP contribution is 2.53. The first-order valence-corrected chi connectivity index (χ1v) is 11.3. The van der Waals surface area contributed by atoms with Crippen LogP contribution in [0, 0.1) is 10.8 Å². The lowest BCUT2D eigenvalue weighted by Gasteiger charge is -2.40. The van der Waals surface area contributed by atoms with Gasteiger partial charge in [-0.05, 0) is 49.7 Å². The standard InChI is InChI=1S/C24H36O6/c1-13-7-21(3,4)11-23(9-13)27-17-15(25)19-20(16(26)18(17)28-23)30-24(29-19)10-14(2)8-22(5,6)12-24/h9-10,15-20,25-26H,7-8,11-12H2,1-6H3/t15?,16?,17-,18-,19-,20?,23?,24?/m0/s1. The van der Waals surface area contributed by atoms with Crippen molar-refractivity contribution >= 4 is 0 Å². The lowest BCUT2D eigenvalue weighted by Crippen LogP contribution is -2.61. The molecule has 2 heterocycles. The molecule has 6 heteroatoms. The third kappa shape index (κ3) is 3.31. The number of hydrogen-bond donors (Lipinski definition) is 2. The maximum absolute atomic E-state index is 11.2. The summed E-state index contributed by atoms with van der Waals surface area (Å²) in [5.74, 6) is -1.83. The summed E-state index contributed by atoms with van der Waals surface area (Å²) in [4.78, 5) is 0. The lowest BCUT2D eigenvalue weighted by molar-refractivity contribution is -0.195. The second-order valence-corrected chi connectivity index (χ2v) is 12.0. The second-order valence-electron chi connectivity index (χ2n) is 12.0. The molecule has 5 aliphatic rings. The van der Waals surface area contributed by atoms with Gasteiger partial charge in [0.05, 0.1) is 0 Å². The molecule has 0 aromatic carbocycles. The van der Waals surface area contributed by atoms with Gasteiger partial charge in [0, 0.05) is 12.8 Å². The molecule has 0 amide bonds. The van der Waals surface area contributed by atoms with Crippen LogP contribution in [0.1, 0.15) is 67.2 Å². The van der Waals surface area contributed by atoms with Crippen LogP contribution in [-0.2, 0) is 18.9 Å².